The molecule has 0 saturated carbocycles. The second-order valence-electron chi connectivity index (χ2n) is 2.41. The second-order valence-corrected chi connectivity index (χ2v) is 3.56. The zero-order chi connectivity index (χ0) is 8.27. The van der Waals surface area contributed by atoms with E-state index in [1.165, 1.54) is 0 Å². The van der Waals surface area contributed by atoms with Gasteiger partial charge in [0.05, 0.1) is 0 Å². The van der Waals surface area contributed by atoms with Crippen LogP contribution in [-0.4, -0.2) is 23.4 Å². The van der Waals surface area contributed by atoms with E-state index in [0.29, 0.717) is 0 Å². The number of carbonyl (C=O) groups excluding carboxylic acids is 2. The van der Waals surface area contributed by atoms with E-state index in [-0.39, 0.29) is 11.8 Å². The Bertz CT molecular complexity index is 177. The summed E-state index contributed by atoms with van der Waals surface area (Å²) in [4.78, 5) is 21.3. The summed E-state index contributed by atoms with van der Waals surface area (Å²) in [6, 6.07) is -0.757. The first-order valence-electron chi connectivity index (χ1n) is 3.38. The molecule has 3 N–H and O–H groups in total. The highest BCUT2D eigenvalue weighted by atomic mass is 32.2. The van der Waals surface area contributed by atoms with Crippen molar-refractivity contribution >= 4 is 23.7 Å². The summed E-state index contributed by atoms with van der Waals surface area (Å²) in [5.41, 5.74) is 4.78. The van der Waals surface area contributed by atoms with Gasteiger partial charge in [0, 0.05) is 11.7 Å². The standard InChI is InChI=1S/C6H10N2O2S/c7-6(10)8-5(9)4-1-2-11-3-4/h4H,1-3H2,(H3,7,8,9,10). The van der Waals surface area contributed by atoms with Gasteiger partial charge in [-0.3, -0.25) is 10.1 Å². The fourth-order valence-electron chi connectivity index (χ4n) is 0.965. The van der Waals surface area contributed by atoms with Crippen LogP contribution in [-0.2, 0) is 4.79 Å². The van der Waals surface area contributed by atoms with Crippen LogP contribution in [0.5, 0.6) is 0 Å². The first-order chi connectivity index (χ1) is 5.20. The number of hydrogen-bond donors (Lipinski definition) is 2. The fourth-order valence-corrected chi connectivity index (χ4v) is 2.19. The average Bonchev–Trinajstić information content (AvgIpc) is 2.35. The summed E-state index contributed by atoms with van der Waals surface area (Å²) in [5.74, 6) is 1.55. The number of nitrogens with two attached hydrogens (primary N) is 1. The molecule has 1 saturated heterocycles. The third kappa shape index (κ3) is 2.42. The van der Waals surface area contributed by atoms with Crippen LogP contribution in [0.2, 0.25) is 0 Å². The van der Waals surface area contributed by atoms with Crippen molar-refractivity contribution in [1.82, 2.24) is 5.32 Å². The minimum absolute atomic E-state index is 0.0208. The zero-order valence-corrected chi connectivity index (χ0v) is 6.82. The molecule has 0 bridgehead atoms. The van der Waals surface area contributed by atoms with E-state index in [2.05, 4.69) is 5.32 Å². The number of thioether (sulfide) groups is 1. The molecule has 3 amide bonds. The fraction of sp³-hybridized carbons (Fsp3) is 0.667. The number of amides is 3. The minimum Gasteiger partial charge on any atom is -0.351 e. The molecule has 62 valence electrons. The van der Waals surface area contributed by atoms with Gasteiger partial charge in [-0.1, -0.05) is 0 Å². The second kappa shape index (κ2) is 3.61. The topological polar surface area (TPSA) is 72.2 Å². The predicted molar refractivity (Wildman–Crippen MR) is 43.2 cm³/mol. The molecule has 11 heavy (non-hydrogen) atoms. The Hall–Kier alpha value is -0.710. The van der Waals surface area contributed by atoms with E-state index in [1.54, 1.807) is 11.8 Å². The number of imide groups is 1. The molecule has 0 aromatic rings. The molecule has 0 aliphatic carbocycles. The maximum Gasteiger partial charge on any atom is 0.318 e. The van der Waals surface area contributed by atoms with Crippen molar-refractivity contribution in [2.45, 2.75) is 6.42 Å². The summed E-state index contributed by atoms with van der Waals surface area (Å²) in [7, 11) is 0. The maximum atomic E-state index is 11.0. The minimum atomic E-state index is -0.757. The Morgan fingerprint density at radius 3 is 2.73 bits per heavy atom. The molecule has 1 unspecified atom stereocenters. The molecule has 0 radical (unpaired) electrons. The zero-order valence-electron chi connectivity index (χ0n) is 6.00. The number of hydrogen-bond acceptors (Lipinski definition) is 3. The van der Waals surface area contributed by atoms with Crippen molar-refractivity contribution in [3.63, 3.8) is 0 Å². The highest BCUT2D eigenvalue weighted by molar-refractivity contribution is 7.99. The monoisotopic (exact) mass is 174 g/mol. The third-order valence-corrected chi connectivity index (χ3v) is 2.71. The van der Waals surface area contributed by atoms with Crippen molar-refractivity contribution in [1.29, 1.82) is 0 Å². The predicted octanol–water partition coefficient (Wildman–Crippen LogP) is -0.0656. The molecule has 1 fully saturated rings. The molecule has 0 aromatic carbocycles. The van der Waals surface area contributed by atoms with Gasteiger partial charge in [-0.25, -0.2) is 4.79 Å². The molecule has 4 nitrogen and oxygen atoms in total. The lowest BCUT2D eigenvalue weighted by atomic mass is 10.1. The molecule has 1 rings (SSSR count). The van der Waals surface area contributed by atoms with E-state index in [1.807, 2.05) is 0 Å². The first-order valence-corrected chi connectivity index (χ1v) is 4.53. The lowest BCUT2D eigenvalue weighted by Crippen LogP contribution is -2.39. The van der Waals surface area contributed by atoms with Gasteiger partial charge in [0.1, 0.15) is 0 Å². The Balaban J connectivity index is 2.34. The normalized spacial score (nSPS) is 23.1. The van der Waals surface area contributed by atoms with E-state index in [9.17, 15) is 9.59 Å². The molecule has 1 aliphatic heterocycles. The van der Waals surface area contributed by atoms with Crippen LogP contribution in [0.3, 0.4) is 0 Å². The van der Waals surface area contributed by atoms with Crippen LogP contribution in [0.15, 0.2) is 0 Å². The average molecular weight is 174 g/mol. The Labute approximate surface area is 68.9 Å². The summed E-state index contributed by atoms with van der Waals surface area (Å²) in [5, 5.41) is 2.07. The van der Waals surface area contributed by atoms with Gasteiger partial charge in [0.25, 0.3) is 0 Å². The summed E-state index contributed by atoms with van der Waals surface area (Å²) in [6.07, 6.45) is 0.851. The van der Waals surface area contributed by atoms with Crippen molar-refractivity contribution in [3.8, 4) is 0 Å². The van der Waals surface area contributed by atoms with Gasteiger partial charge in [-0.2, -0.15) is 11.8 Å². The van der Waals surface area contributed by atoms with Gasteiger partial charge < -0.3 is 5.73 Å². The molecule has 5 heteroatoms. The SMILES string of the molecule is NC(=O)NC(=O)C1CCSC1. The van der Waals surface area contributed by atoms with Crippen molar-refractivity contribution in [2.24, 2.45) is 11.7 Å². The highest BCUT2D eigenvalue weighted by Gasteiger charge is 2.23. The van der Waals surface area contributed by atoms with Crippen LogP contribution in [0, 0.1) is 5.92 Å². The van der Waals surface area contributed by atoms with Crippen LogP contribution in [0.25, 0.3) is 0 Å². The quantitative estimate of drug-likeness (QED) is 0.584. The molecular weight excluding hydrogens is 164 g/mol. The number of rotatable bonds is 1. The van der Waals surface area contributed by atoms with Crippen LogP contribution < -0.4 is 11.1 Å². The summed E-state index contributed by atoms with van der Waals surface area (Å²) >= 11 is 1.72. The van der Waals surface area contributed by atoms with Gasteiger partial charge in [0.2, 0.25) is 5.91 Å². The number of carbonyl (C=O) groups is 2. The molecule has 0 spiro atoms. The van der Waals surface area contributed by atoms with Gasteiger partial charge in [-0.15, -0.1) is 0 Å². The van der Waals surface area contributed by atoms with Gasteiger partial charge in [-0.05, 0) is 12.2 Å². The Morgan fingerprint density at radius 2 is 2.27 bits per heavy atom. The molecular formula is C6H10N2O2S. The Morgan fingerprint density at radius 1 is 1.55 bits per heavy atom. The van der Waals surface area contributed by atoms with Gasteiger partial charge >= 0.3 is 6.03 Å². The first kappa shape index (κ1) is 8.39. The van der Waals surface area contributed by atoms with Crippen LogP contribution in [0.4, 0.5) is 4.79 Å². The van der Waals surface area contributed by atoms with Crippen LogP contribution in [0.1, 0.15) is 6.42 Å². The molecule has 1 aliphatic rings. The van der Waals surface area contributed by atoms with E-state index >= 15 is 0 Å². The Kier molecular flexibility index (Phi) is 2.76. The molecule has 0 aromatic heterocycles. The van der Waals surface area contributed by atoms with Crippen molar-refractivity contribution in [3.05, 3.63) is 0 Å². The van der Waals surface area contributed by atoms with Gasteiger partial charge in [0.15, 0.2) is 0 Å². The number of nitrogens with one attached hydrogen (secondary N) is 1. The summed E-state index contributed by atoms with van der Waals surface area (Å²) in [6.45, 7) is 0. The van der Waals surface area contributed by atoms with Crippen LogP contribution >= 0.6 is 11.8 Å². The van der Waals surface area contributed by atoms with Crippen molar-refractivity contribution < 1.29 is 9.59 Å². The molecule has 1 heterocycles. The molecule has 1 atom stereocenters. The smallest absolute Gasteiger partial charge is 0.318 e. The largest absolute Gasteiger partial charge is 0.351 e. The maximum absolute atomic E-state index is 11.0. The number of urea groups is 1. The van der Waals surface area contributed by atoms with E-state index < -0.39 is 6.03 Å². The highest BCUT2D eigenvalue weighted by Crippen LogP contribution is 2.23. The van der Waals surface area contributed by atoms with E-state index in [0.717, 1.165) is 17.9 Å². The lowest BCUT2D eigenvalue weighted by molar-refractivity contribution is -0.123. The lowest BCUT2D eigenvalue weighted by Gasteiger charge is -2.05. The van der Waals surface area contributed by atoms with Crippen molar-refractivity contribution in [2.75, 3.05) is 11.5 Å². The number of primary amides is 1. The van der Waals surface area contributed by atoms with E-state index in [4.69, 9.17) is 5.73 Å². The summed E-state index contributed by atoms with van der Waals surface area (Å²) < 4.78 is 0. The third-order valence-electron chi connectivity index (χ3n) is 1.55.